The lowest BCUT2D eigenvalue weighted by Crippen LogP contribution is -1.98. The zero-order valence-corrected chi connectivity index (χ0v) is 10.2. The average molecular weight is 240 g/mol. The molecule has 2 rings (SSSR count). The molecule has 0 atom stereocenters. The highest BCUT2D eigenvalue weighted by Crippen LogP contribution is 2.31. The maximum atomic E-state index is 9.24. The molecule has 0 radical (unpaired) electrons. The first-order valence-electron chi connectivity index (χ1n) is 5.38. The van der Waals surface area contributed by atoms with Crippen LogP contribution in [0, 0.1) is 11.3 Å². The summed E-state index contributed by atoms with van der Waals surface area (Å²) in [5.74, 6) is 0.695. The molecule has 90 valence electrons. The molecule has 0 N–H and O–H groups in total. The van der Waals surface area contributed by atoms with Gasteiger partial charge < -0.3 is 9.47 Å². The summed E-state index contributed by atoms with van der Waals surface area (Å²) >= 11 is 0. The van der Waals surface area contributed by atoms with Crippen molar-refractivity contribution in [2.24, 2.45) is 0 Å². The standard InChI is InChI=1S/C14H12N2O2/c1-17-13-8-11(10-6-4-3-5-7-10)12(9-15)14(16-13)18-2/h3-8H,1-2H3. The molecule has 1 aromatic heterocycles. The van der Waals surface area contributed by atoms with Crippen LogP contribution >= 0.6 is 0 Å². The highest BCUT2D eigenvalue weighted by molar-refractivity contribution is 5.73. The monoisotopic (exact) mass is 240 g/mol. The summed E-state index contributed by atoms with van der Waals surface area (Å²) in [6.45, 7) is 0. The smallest absolute Gasteiger partial charge is 0.235 e. The third-order valence-electron chi connectivity index (χ3n) is 2.56. The lowest BCUT2D eigenvalue weighted by atomic mass is 10.0. The Balaban J connectivity index is 2.69. The van der Waals surface area contributed by atoms with Crippen LogP contribution in [0.2, 0.25) is 0 Å². The van der Waals surface area contributed by atoms with E-state index in [4.69, 9.17) is 9.47 Å². The van der Waals surface area contributed by atoms with Gasteiger partial charge in [-0.15, -0.1) is 0 Å². The molecule has 0 amide bonds. The predicted molar refractivity (Wildman–Crippen MR) is 67.5 cm³/mol. The number of hydrogen-bond donors (Lipinski definition) is 0. The van der Waals surface area contributed by atoms with Gasteiger partial charge in [0.25, 0.3) is 0 Å². The number of benzene rings is 1. The summed E-state index contributed by atoms with van der Waals surface area (Å²) in [6.07, 6.45) is 0. The van der Waals surface area contributed by atoms with Crippen molar-refractivity contribution in [2.45, 2.75) is 0 Å². The first kappa shape index (κ1) is 11.9. The van der Waals surface area contributed by atoms with Gasteiger partial charge in [0.05, 0.1) is 14.2 Å². The minimum atomic E-state index is 0.274. The number of nitriles is 1. The Hall–Kier alpha value is -2.54. The fourth-order valence-electron chi connectivity index (χ4n) is 1.70. The average Bonchev–Trinajstić information content (AvgIpc) is 2.46. The minimum absolute atomic E-state index is 0.274. The van der Waals surface area contributed by atoms with Crippen molar-refractivity contribution in [3.63, 3.8) is 0 Å². The molecule has 0 unspecified atom stereocenters. The van der Waals surface area contributed by atoms with Gasteiger partial charge in [-0.1, -0.05) is 30.3 Å². The van der Waals surface area contributed by atoms with Gasteiger partial charge in [0.15, 0.2) is 0 Å². The van der Waals surface area contributed by atoms with Gasteiger partial charge in [-0.25, -0.2) is 0 Å². The van der Waals surface area contributed by atoms with Crippen LogP contribution in [0.4, 0.5) is 0 Å². The summed E-state index contributed by atoms with van der Waals surface area (Å²) in [5.41, 5.74) is 2.08. The number of nitrogens with zero attached hydrogens (tertiary/aromatic N) is 2. The van der Waals surface area contributed by atoms with Gasteiger partial charge in [0.1, 0.15) is 11.6 Å². The molecule has 0 aliphatic heterocycles. The number of aromatic nitrogens is 1. The van der Waals surface area contributed by atoms with Gasteiger partial charge in [-0.05, 0) is 5.56 Å². The third kappa shape index (κ3) is 2.11. The van der Waals surface area contributed by atoms with Gasteiger partial charge >= 0.3 is 0 Å². The second-order valence-corrected chi connectivity index (χ2v) is 3.57. The van der Waals surface area contributed by atoms with E-state index in [1.54, 1.807) is 6.07 Å². The second kappa shape index (κ2) is 5.19. The van der Waals surface area contributed by atoms with E-state index in [1.165, 1.54) is 14.2 Å². The van der Waals surface area contributed by atoms with Crippen LogP contribution in [-0.4, -0.2) is 19.2 Å². The molecule has 0 saturated heterocycles. The van der Waals surface area contributed by atoms with Crippen molar-refractivity contribution < 1.29 is 9.47 Å². The van der Waals surface area contributed by atoms with Crippen LogP contribution in [0.1, 0.15) is 5.56 Å². The summed E-state index contributed by atoms with van der Waals surface area (Å²) in [5, 5.41) is 9.24. The van der Waals surface area contributed by atoms with Crippen molar-refractivity contribution in [2.75, 3.05) is 14.2 Å². The maximum Gasteiger partial charge on any atom is 0.235 e. The Labute approximate surface area is 105 Å². The molecule has 1 heterocycles. The van der Waals surface area contributed by atoms with Crippen molar-refractivity contribution in [3.8, 4) is 29.0 Å². The maximum absolute atomic E-state index is 9.24. The second-order valence-electron chi connectivity index (χ2n) is 3.57. The fraction of sp³-hybridized carbons (Fsp3) is 0.143. The number of rotatable bonds is 3. The van der Waals surface area contributed by atoms with Crippen LogP contribution in [0.5, 0.6) is 11.8 Å². The molecule has 2 aromatic rings. The highest BCUT2D eigenvalue weighted by Gasteiger charge is 2.14. The van der Waals surface area contributed by atoms with Crippen LogP contribution < -0.4 is 9.47 Å². The van der Waals surface area contributed by atoms with Crippen LogP contribution in [0.3, 0.4) is 0 Å². The predicted octanol–water partition coefficient (Wildman–Crippen LogP) is 2.64. The molecule has 0 spiro atoms. The molecular weight excluding hydrogens is 228 g/mol. The number of methoxy groups -OCH3 is 2. The molecule has 0 fully saturated rings. The van der Waals surface area contributed by atoms with Gasteiger partial charge in [-0.2, -0.15) is 10.2 Å². The van der Waals surface area contributed by atoms with Crippen molar-refractivity contribution in [3.05, 3.63) is 42.0 Å². The van der Waals surface area contributed by atoms with Crippen LogP contribution in [-0.2, 0) is 0 Å². The number of hydrogen-bond acceptors (Lipinski definition) is 4. The lowest BCUT2D eigenvalue weighted by molar-refractivity contribution is 0.364. The van der Waals surface area contributed by atoms with Crippen molar-refractivity contribution in [1.29, 1.82) is 5.26 Å². The van der Waals surface area contributed by atoms with Crippen LogP contribution in [0.15, 0.2) is 36.4 Å². The molecule has 0 aliphatic rings. The topological polar surface area (TPSA) is 55.1 Å². The molecular formula is C14H12N2O2. The van der Waals surface area contributed by atoms with Crippen molar-refractivity contribution in [1.82, 2.24) is 4.98 Å². The molecule has 0 bridgehead atoms. The fourth-order valence-corrected chi connectivity index (χ4v) is 1.70. The quantitative estimate of drug-likeness (QED) is 0.827. The Morgan fingerprint density at radius 1 is 1.11 bits per heavy atom. The number of pyridine rings is 1. The van der Waals surface area contributed by atoms with E-state index in [2.05, 4.69) is 11.1 Å². The number of ether oxygens (including phenoxy) is 2. The Bertz CT molecular complexity index is 589. The minimum Gasteiger partial charge on any atom is -0.481 e. The van der Waals surface area contributed by atoms with E-state index in [0.29, 0.717) is 11.4 Å². The van der Waals surface area contributed by atoms with E-state index in [1.807, 2.05) is 30.3 Å². The summed E-state index contributed by atoms with van der Waals surface area (Å²) in [7, 11) is 3.01. The van der Waals surface area contributed by atoms with Crippen molar-refractivity contribution >= 4 is 0 Å². The zero-order valence-electron chi connectivity index (χ0n) is 10.2. The third-order valence-corrected chi connectivity index (χ3v) is 2.56. The zero-order chi connectivity index (χ0) is 13.0. The Morgan fingerprint density at radius 2 is 1.83 bits per heavy atom. The molecule has 0 aliphatic carbocycles. The highest BCUT2D eigenvalue weighted by atomic mass is 16.5. The van der Waals surface area contributed by atoms with E-state index >= 15 is 0 Å². The largest absolute Gasteiger partial charge is 0.481 e. The van der Waals surface area contributed by atoms with E-state index in [9.17, 15) is 5.26 Å². The molecule has 18 heavy (non-hydrogen) atoms. The normalized spacial score (nSPS) is 9.61. The first-order valence-corrected chi connectivity index (χ1v) is 5.38. The Morgan fingerprint density at radius 3 is 2.39 bits per heavy atom. The Kier molecular flexibility index (Phi) is 3.44. The summed E-state index contributed by atoms with van der Waals surface area (Å²) in [4.78, 5) is 4.10. The summed E-state index contributed by atoms with van der Waals surface area (Å²) in [6, 6.07) is 13.5. The van der Waals surface area contributed by atoms with E-state index < -0.39 is 0 Å². The first-order chi connectivity index (χ1) is 8.80. The van der Waals surface area contributed by atoms with E-state index in [0.717, 1.165) is 11.1 Å². The molecule has 4 heteroatoms. The summed E-state index contributed by atoms with van der Waals surface area (Å²) < 4.78 is 10.2. The molecule has 0 saturated carbocycles. The van der Waals surface area contributed by atoms with E-state index in [-0.39, 0.29) is 5.88 Å². The van der Waals surface area contributed by atoms with Gasteiger partial charge in [-0.3, -0.25) is 0 Å². The molecule has 1 aromatic carbocycles. The van der Waals surface area contributed by atoms with Gasteiger partial charge in [0.2, 0.25) is 11.8 Å². The molecule has 4 nitrogen and oxygen atoms in total. The van der Waals surface area contributed by atoms with Gasteiger partial charge in [0, 0.05) is 11.6 Å². The lowest BCUT2D eigenvalue weighted by Gasteiger charge is -2.10. The SMILES string of the molecule is COc1cc(-c2ccccc2)c(C#N)c(OC)n1. The van der Waals surface area contributed by atoms with Crippen LogP contribution in [0.25, 0.3) is 11.1 Å².